The van der Waals surface area contributed by atoms with Crippen molar-refractivity contribution >= 4 is 11.8 Å². The van der Waals surface area contributed by atoms with Crippen molar-refractivity contribution in [2.75, 3.05) is 26.4 Å². The normalized spacial score (nSPS) is 28.3. The van der Waals surface area contributed by atoms with E-state index in [4.69, 9.17) is 5.73 Å². The molecule has 0 radical (unpaired) electrons. The predicted molar refractivity (Wildman–Crippen MR) is 62.2 cm³/mol. The third kappa shape index (κ3) is 2.32. The number of nitro groups is 1. The van der Waals surface area contributed by atoms with Gasteiger partial charge in [-0.3, -0.25) is 15.0 Å². The van der Waals surface area contributed by atoms with Crippen molar-refractivity contribution in [3.8, 4) is 0 Å². The highest BCUT2D eigenvalue weighted by Gasteiger charge is 2.36. The van der Waals surface area contributed by atoms with Crippen molar-refractivity contribution in [3.63, 3.8) is 0 Å². The van der Waals surface area contributed by atoms with Gasteiger partial charge in [-0.1, -0.05) is 6.92 Å². The van der Waals surface area contributed by atoms with E-state index >= 15 is 0 Å². The number of thioether (sulfide) groups is 1. The maximum absolute atomic E-state index is 10.9. The lowest BCUT2D eigenvalue weighted by molar-refractivity contribution is -0.430. The first-order chi connectivity index (χ1) is 7.02. The van der Waals surface area contributed by atoms with Gasteiger partial charge >= 0.3 is 0 Å². The zero-order valence-corrected chi connectivity index (χ0v) is 10.1. The quantitative estimate of drug-likeness (QED) is 0.573. The fraction of sp³-hybridized carbons (Fsp3) is 0.778. The van der Waals surface area contributed by atoms with Gasteiger partial charge in [0.15, 0.2) is 0 Å². The predicted octanol–water partition coefficient (Wildman–Crippen LogP) is 0.747. The fourth-order valence-electron chi connectivity index (χ4n) is 2.09. The molecule has 0 saturated heterocycles. The van der Waals surface area contributed by atoms with E-state index in [1.165, 1.54) is 11.8 Å². The van der Waals surface area contributed by atoms with E-state index in [2.05, 4.69) is 0 Å². The molecule has 15 heavy (non-hydrogen) atoms. The summed E-state index contributed by atoms with van der Waals surface area (Å²) in [6.07, 6.45) is 1.88. The Kier molecular flexibility index (Phi) is 4.12. The van der Waals surface area contributed by atoms with Crippen molar-refractivity contribution in [2.45, 2.75) is 13.0 Å². The van der Waals surface area contributed by atoms with Crippen LogP contribution in [0.5, 0.6) is 0 Å². The highest BCUT2D eigenvalue weighted by atomic mass is 32.2. The Bertz CT molecular complexity index is 293. The molecule has 86 valence electrons. The van der Waals surface area contributed by atoms with Crippen LogP contribution >= 0.6 is 11.8 Å². The van der Waals surface area contributed by atoms with Crippen molar-refractivity contribution in [1.82, 2.24) is 4.90 Å². The first-order valence-electron chi connectivity index (χ1n) is 4.84. The molecule has 0 aromatic rings. The molecule has 2 atom stereocenters. The minimum Gasteiger partial charge on any atom is -0.329 e. The minimum atomic E-state index is -0.272. The molecule has 0 bridgehead atoms. The number of nitrogens with zero attached hydrogens (tertiary/aromatic N) is 2. The largest absolute Gasteiger partial charge is 0.329 e. The summed E-state index contributed by atoms with van der Waals surface area (Å²) in [4.78, 5) is 13.4. The molecule has 1 aliphatic rings. The van der Waals surface area contributed by atoms with Crippen LogP contribution in [-0.2, 0) is 0 Å². The summed E-state index contributed by atoms with van der Waals surface area (Å²) >= 11 is 1.47. The lowest BCUT2D eigenvalue weighted by Gasteiger charge is -2.36. The maximum atomic E-state index is 10.9. The van der Waals surface area contributed by atoms with Crippen LogP contribution in [0.4, 0.5) is 0 Å². The van der Waals surface area contributed by atoms with E-state index in [0.29, 0.717) is 18.8 Å². The molecule has 6 heteroatoms. The Morgan fingerprint density at radius 1 is 1.73 bits per heavy atom. The molecule has 0 aromatic carbocycles. The molecule has 0 fully saturated rings. The Labute approximate surface area is 93.8 Å². The number of likely N-dealkylation sites (N-methyl/N-ethyl adjacent to an activating group) is 1. The van der Waals surface area contributed by atoms with Gasteiger partial charge in [-0.15, -0.1) is 11.8 Å². The SMILES string of the molecule is CSC1=C([N+](=O)[O-])CN(C)C(CN)C1C. The maximum Gasteiger partial charge on any atom is 0.269 e. The summed E-state index contributed by atoms with van der Waals surface area (Å²) in [7, 11) is 1.88. The van der Waals surface area contributed by atoms with Crippen molar-refractivity contribution < 1.29 is 4.92 Å². The van der Waals surface area contributed by atoms with E-state index in [0.717, 1.165) is 4.91 Å². The summed E-state index contributed by atoms with van der Waals surface area (Å²) < 4.78 is 0. The molecule has 1 rings (SSSR count). The molecule has 0 amide bonds. The fourth-order valence-corrected chi connectivity index (χ4v) is 2.99. The van der Waals surface area contributed by atoms with Crippen LogP contribution in [0.25, 0.3) is 0 Å². The molecular formula is C9H17N3O2S. The third-order valence-electron chi connectivity index (χ3n) is 2.92. The zero-order valence-electron chi connectivity index (χ0n) is 9.27. The van der Waals surface area contributed by atoms with Gasteiger partial charge < -0.3 is 5.73 Å². The molecule has 0 spiro atoms. The zero-order chi connectivity index (χ0) is 11.6. The van der Waals surface area contributed by atoms with Crippen LogP contribution in [0.15, 0.2) is 10.6 Å². The van der Waals surface area contributed by atoms with Crippen LogP contribution in [-0.4, -0.2) is 42.3 Å². The topological polar surface area (TPSA) is 72.4 Å². The lowest BCUT2D eigenvalue weighted by atomic mass is 9.95. The smallest absolute Gasteiger partial charge is 0.269 e. The van der Waals surface area contributed by atoms with Gasteiger partial charge in [0.05, 0.1) is 16.4 Å². The molecule has 5 nitrogen and oxygen atoms in total. The Morgan fingerprint density at radius 3 is 2.73 bits per heavy atom. The molecule has 1 aliphatic heterocycles. The van der Waals surface area contributed by atoms with E-state index in [1.807, 2.05) is 25.1 Å². The number of hydrogen-bond acceptors (Lipinski definition) is 5. The lowest BCUT2D eigenvalue weighted by Crippen LogP contribution is -2.48. The van der Waals surface area contributed by atoms with E-state index < -0.39 is 0 Å². The minimum absolute atomic E-state index is 0.143. The number of nitrogens with two attached hydrogens (primary N) is 1. The first kappa shape index (κ1) is 12.5. The highest BCUT2D eigenvalue weighted by molar-refractivity contribution is 8.02. The molecule has 0 saturated carbocycles. The van der Waals surface area contributed by atoms with Crippen LogP contribution in [0.1, 0.15) is 6.92 Å². The van der Waals surface area contributed by atoms with Gasteiger partial charge in [0.25, 0.3) is 5.70 Å². The summed E-state index contributed by atoms with van der Waals surface area (Å²) in [5.41, 5.74) is 6.00. The average Bonchev–Trinajstić information content (AvgIpc) is 2.17. The van der Waals surface area contributed by atoms with E-state index in [-0.39, 0.29) is 16.9 Å². The van der Waals surface area contributed by atoms with Crippen molar-refractivity contribution in [2.24, 2.45) is 11.7 Å². The van der Waals surface area contributed by atoms with Gasteiger partial charge in [-0.05, 0) is 13.3 Å². The van der Waals surface area contributed by atoms with Crippen LogP contribution in [0, 0.1) is 16.0 Å². The highest BCUT2D eigenvalue weighted by Crippen LogP contribution is 2.34. The third-order valence-corrected chi connectivity index (χ3v) is 3.97. The summed E-state index contributed by atoms with van der Waals surface area (Å²) in [5.74, 6) is 0.143. The Balaban J connectivity index is 3.07. The standard InChI is InChI=1S/C9H17N3O2S/c1-6-7(4-10)11(2)5-8(12(13)14)9(6)15-3/h6-7H,4-5,10H2,1-3H3. The van der Waals surface area contributed by atoms with Gasteiger partial charge in [0.1, 0.15) is 0 Å². The second-order valence-electron chi connectivity index (χ2n) is 3.78. The van der Waals surface area contributed by atoms with E-state index in [1.54, 1.807) is 0 Å². The summed E-state index contributed by atoms with van der Waals surface area (Å²) in [6.45, 7) is 2.92. The second kappa shape index (κ2) is 4.96. The van der Waals surface area contributed by atoms with Crippen LogP contribution < -0.4 is 5.73 Å². The van der Waals surface area contributed by atoms with Gasteiger partial charge in [0, 0.05) is 18.5 Å². The van der Waals surface area contributed by atoms with Crippen LogP contribution in [0.3, 0.4) is 0 Å². The van der Waals surface area contributed by atoms with E-state index in [9.17, 15) is 10.1 Å². The molecule has 0 aromatic heterocycles. The summed E-state index contributed by atoms with van der Waals surface area (Å²) in [5, 5.41) is 10.9. The van der Waals surface area contributed by atoms with Crippen molar-refractivity contribution in [3.05, 3.63) is 20.7 Å². The van der Waals surface area contributed by atoms with Crippen LogP contribution in [0.2, 0.25) is 0 Å². The number of hydrogen-bond donors (Lipinski definition) is 1. The molecule has 2 unspecified atom stereocenters. The molecule has 2 N–H and O–H groups in total. The van der Waals surface area contributed by atoms with Gasteiger partial charge in [-0.25, -0.2) is 0 Å². The number of rotatable bonds is 3. The molecule has 1 heterocycles. The van der Waals surface area contributed by atoms with Crippen molar-refractivity contribution in [1.29, 1.82) is 0 Å². The molecular weight excluding hydrogens is 214 g/mol. The van der Waals surface area contributed by atoms with Gasteiger partial charge in [-0.2, -0.15) is 0 Å². The first-order valence-corrected chi connectivity index (χ1v) is 6.07. The Hall–Kier alpha value is -0.590. The summed E-state index contributed by atoms with van der Waals surface area (Å²) in [6, 6.07) is 0.205. The second-order valence-corrected chi connectivity index (χ2v) is 4.63. The van der Waals surface area contributed by atoms with Gasteiger partial charge in [0.2, 0.25) is 0 Å². The molecule has 0 aliphatic carbocycles. The average molecular weight is 231 g/mol. The monoisotopic (exact) mass is 231 g/mol. The Morgan fingerprint density at radius 2 is 2.33 bits per heavy atom.